The van der Waals surface area contributed by atoms with Crippen molar-refractivity contribution in [1.29, 1.82) is 0 Å². The van der Waals surface area contributed by atoms with Crippen molar-refractivity contribution in [3.8, 4) is 11.8 Å². The molecular weight excluding hydrogens is 242 g/mol. The zero-order chi connectivity index (χ0) is 14.4. The number of hydrogen-bond donors (Lipinski definition) is 2. The summed E-state index contributed by atoms with van der Waals surface area (Å²) in [6, 6.07) is 5.32. The molecule has 1 rings (SSSR count). The lowest BCUT2D eigenvalue weighted by Gasteiger charge is -2.16. The van der Waals surface area contributed by atoms with Crippen LogP contribution in [0, 0.1) is 18.8 Å². The number of likely N-dealkylation sites (N-methyl/N-ethyl adjacent to an activating group) is 1. The van der Waals surface area contributed by atoms with Crippen molar-refractivity contribution >= 4 is 11.8 Å². The van der Waals surface area contributed by atoms with Crippen LogP contribution in [0.1, 0.15) is 21.5 Å². The van der Waals surface area contributed by atoms with E-state index in [0.717, 1.165) is 5.56 Å². The van der Waals surface area contributed by atoms with Gasteiger partial charge in [0.25, 0.3) is 5.91 Å². The van der Waals surface area contributed by atoms with E-state index in [-0.39, 0.29) is 19.0 Å². The summed E-state index contributed by atoms with van der Waals surface area (Å²) >= 11 is 0. The number of rotatable bonds is 3. The maximum absolute atomic E-state index is 12.2. The summed E-state index contributed by atoms with van der Waals surface area (Å²) < 4.78 is 0. The minimum atomic E-state index is -0.558. The first-order chi connectivity index (χ1) is 8.95. The first-order valence-corrected chi connectivity index (χ1v) is 5.79. The number of carbonyl (C=O) groups is 2. The Morgan fingerprint density at radius 1 is 1.37 bits per heavy atom. The maximum Gasteiger partial charge on any atom is 0.255 e. The van der Waals surface area contributed by atoms with E-state index in [0.29, 0.717) is 11.1 Å². The van der Waals surface area contributed by atoms with Gasteiger partial charge in [0.15, 0.2) is 0 Å². The third-order valence-electron chi connectivity index (χ3n) is 2.47. The van der Waals surface area contributed by atoms with Crippen LogP contribution in [0.4, 0.5) is 0 Å². The number of nitrogens with zero attached hydrogens (tertiary/aromatic N) is 1. The van der Waals surface area contributed by atoms with Crippen molar-refractivity contribution in [1.82, 2.24) is 4.90 Å². The SMILES string of the molecule is Cc1ccc(C(=O)N(C)CC(N)=O)c(C#CCN)c1. The summed E-state index contributed by atoms with van der Waals surface area (Å²) in [6.07, 6.45) is 0. The van der Waals surface area contributed by atoms with E-state index in [2.05, 4.69) is 11.8 Å². The van der Waals surface area contributed by atoms with Gasteiger partial charge in [0.1, 0.15) is 0 Å². The fourth-order valence-electron chi connectivity index (χ4n) is 1.61. The van der Waals surface area contributed by atoms with E-state index in [1.165, 1.54) is 11.9 Å². The number of carbonyl (C=O) groups excluding carboxylic acids is 2. The summed E-state index contributed by atoms with van der Waals surface area (Å²) in [4.78, 5) is 24.3. The van der Waals surface area contributed by atoms with Crippen LogP contribution >= 0.6 is 0 Å². The Bertz CT molecular complexity index is 556. The molecule has 0 heterocycles. The van der Waals surface area contributed by atoms with Gasteiger partial charge in [0, 0.05) is 12.6 Å². The largest absolute Gasteiger partial charge is 0.368 e. The van der Waals surface area contributed by atoms with Gasteiger partial charge >= 0.3 is 0 Å². The van der Waals surface area contributed by atoms with Gasteiger partial charge in [-0.25, -0.2) is 0 Å². The van der Waals surface area contributed by atoms with Gasteiger partial charge in [-0.3, -0.25) is 9.59 Å². The van der Waals surface area contributed by atoms with E-state index >= 15 is 0 Å². The number of hydrogen-bond acceptors (Lipinski definition) is 3. The molecular formula is C14H17N3O2. The third-order valence-corrected chi connectivity index (χ3v) is 2.47. The monoisotopic (exact) mass is 259 g/mol. The van der Waals surface area contributed by atoms with E-state index < -0.39 is 5.91 Å². The van der Waals surface area contributed by atoms with Gasteiger partial charge in [0.2, 0.25) is 5.91 Å². The zero-order valence-corrected chi connectivity index (χ0v) is 11.1. The molecule has 0 aliphatic rings. The van der Waals surface area contributed by atoms with Gasteiger partial charge in [-0.2, -0.15) is 0 Å². The fourth-order valence-corrected chi connectivity index (χ4v) is 1.61. The third kappa shape index (κ3) is 4.12. The van der Waals surface area contributed by atoms with Gasteiger partial charge in [-0.05, 0) is 24.6 Å². The highest BCUT2D eigenvalue weighted by atomic mass is 16.2. The topological polar surface area (TPSA) is 89.4 Å². The highest BCUT2D eigenvalue weighted by molar-refractivity contribution is 5.98. The molecule has 0 aliphatic heterocycles. The van der Waals surface area contributed by atoms with Crippen molar-refractivity contribution in [2.45, 2.75) is 6.92 Å². The Hall–Kier alpha value is -2.32. The lowest BCUT2D eigenvalue weighted by atomic mass is 10.0. The van der Waals surface area contributed by atoms with Crippen LogP contribution in [0.5, 0.6) is 0 Å². The standard InChI is InChI=1S/C14H17N3O2/c1-10-5-6-12(11(8-10)4-3-7-15)14(19)17(2)9-13(16)18/h5-6,8H,7,9,15H2,1-2H3,(H2,16,18). The summed E-state index contributed by atoms with van der Waals surface area (Å²) in [6.45, 7) is 2.00. The van der Waals surface area contributed by atoms with Crippen molar-refractivity contribution in [2.24, 2.45) is 11.5 Å². The predicted molar refractivity (Wildman–Crippen MR) is 73.3 cm³/mol. The Labute approximate surface area is 112 Å². The quantitative estimate of drug-likeness (QED) is 0.740. The second kappa shape index (κ2) is 6.57. The Morgan fingerprint density at radius 3 is 2.63 bits per heavy atom. The van der Waals surface area contributed by atoms with Crippen LogP contribution in [-0.4, -0.2) is 36.9 Å². The molecule has 1 aromatic rings. The van der Waals surface area contributed by atoms with Crippen LogP contribution in [0.3, 0.4) is 0 Å². The molecule has 0 saturated heterocycles. The molecule has 4 N–H and O–H groups in total. The van der Waals surface area contributed by atoms with Crippen LogP contribution in [0.2, 0.25) is 0 Å². The average Bonchev–Trinajstić information content (AvgIpc) is 2.34. The zero-order valence-electron chi connectivity index (χ0n) is 11.1. The van der Waals surface area contributed by atoms with E-state index in [1.54, 1.807) is 6.07 Å². The number of benzene rings is 1. The fraction of sp³-hybridized carbons (Fsp3) is 0.286. The molecule has 0 fully saturated rings. The molecule has 0 spiro atoms. The number of primary amides is 1. The molecule has 5 nitrogen and oxygen atoms in total. The van der Waals surface area contributed by atoms with Crippen molar-refractivity contribution in [3.05, 3.63) is 34.9 Å². The van der Waals surface area contributed by atoms with Gasteiger partial charge < -0.3 is 16.4 Å². The second-order valence-electron chi connectivity index (χ2n) is 4.18. The summed E-state index contributed by atoms with van der Waals surface area (Å²) in [5.74, 6) is 4.74. The minimum Gasteiger partial charge on any atom is -0.368 e. The maximum atomic E-state index is 12.2. The predicted octanol–water partition coefficient (Wildman–Crippen LogP) is -0.137. The second-order valence-corrected chi connectivity index (χ2v) is 4.18. The van der Waals surface area contributed by atoms with Crippen molar-refractivity contribution in [2.75, 3.05) is 20.1 Å². The molecule has 0 atom stereocenters. The van der Waals surface area contributed by atoms with Crippen LogP contribution in [0.25, 0.3) is 0 Å². The molecule has 2 amide bonds. The molecule has 0 unspecified atom stereocenters. The summed E-state index contributed by atoms with van der Waals surface area (Å²) in [5.41, 5.74) is 12.4. The highest BCUT2D eigenvalue weighted by Crippen LogP contribution is 2.13. The minimum absolute atomic E-state index is 0.129. The normalized spacial score (nSPS) is 9.42. The first kappa shape index (κ1) is 14.7. The lowest BCUT2D eigenvalue weighted by Crippen LogP contribution is -2.35. The van der Waals surface area contributed by atoms with Crippen LogP contribution in [-0.2, 0) is 4.79 Å². The number of amides is 2. The first-order valence-electron chi connectivity index (χ1n) is 5.79. The Morgan fingerprint density at radius 2 is 2.05 bits per heavy atom. The Kier molecular flexibility index (Phi) is 5.10. The molecule has 1 aromatic carbocycles. The number of aryl methyl sites for hydroxylation is 1. The molecule has 0 bridgehead atoms. The molecule has 0 aromatic heterocycles. The molecule has 100 valence electrons. The van der Waals surface area contributed by atoms with Crippen LogP contribution < -0.4 is 11.5 Å². The van der Waals surface area contributed by atoms with Gasteiger partial charge in [-0.1, -0.05) is 17.9 Å². The van der Waals surface area contributed by atoms with E-state index in [1.807, 2.05) is 19.1 Å². The van der Waals surface area contributed by atoms with Gasteiger partial charge in [-0.15, -0.1) is 0 Å². The van der Waals surface area contributed by atoms with E-state index in [4.69, 9.17) is 11.5 Å². The molecule has 0 saturated carbocycles. The summed E-state index contributed by atoms with van der Waals surface area (Å²) in [7, 11) is 1.52. The lowest BCUT2D eigenvalue weighted by molar-refractivity contribution is -0.118. The molecule has 0 aliphatic carbocycles. The average molecular weight is 259 g/mol. The Balaban J connectivity index is 3.11. The number of nitrogens with two attached hydrogens (primary N) is 2. The molecule has 5 heteroatoms. The molecule has 0 radical (unpaired) electrons. The highest BCUT2D eigenvalue weighted by Gasteiger charge is 2.16. The smallest absolute Gasteiger partial charge is 0.255 e. The summed E-state index contributed by atoms with van der Waals surface area (Å²) in [5, 5.41) is 0. The molecule has 19 heavy (non-hydrogen) atoms. The van der Waals surface area contributed by atoms with Gasteiger partial charge in [0.05, 0.1) is 18.7 Å². The van der Waals surface area contributed by atoms with E-state index in [9.17, 15) is 9.59 Å². The van der Waals surface area contributed by atoms with Crippen molar-refractivity contribution in [3.63, 3.8) is 0 Å². The van der Waals surface area contributed by atoms with Crippen LogP contribution in [0.15, 0.2) is 18.2 Å². The van der Waals surface area contributed by atoms with Crippen molar-refractivity contribution < 1.29 is 9.59 Å².